The van der Waals surface area contributed by atoms with Gasteiger partial charge in [-0.2, -0.15) is 0 Å². The van der Waals surface area contributed by atoms with Crippen molar-refractivity contribution in [1.29, 1.82) is 0 Å². The molecule has 0 saturated carbocycles. The molecule has 45 heavy (non-hydrogen) atoms. The zero-order valence-electron chi connectivity index (χ0n) is 25.3. The molecule has 212 valence electrons. The summed E-state index contributed by atoms with van der Waals surface area (Å²) < 4.78 is 0. The van der Waals surface area contributed by atoms with Crippen molar-refractivity contribution in [2.75, 3.05) is 0 Å². The zero-order chi connectivity index (χ0) is 30.1. The predicted octanol–water partition coefficient (Wildman–Crippen LogP) is 11.2. The molecule has 0 saturated heterocycles. The van der Waals surface area contributed by atoms with E-state index in [1.165, 1.54) is 54.6 Å². The lowest BCUT2D eigenvalue weighted by Gasteiger charge is -2.25. The molecule has 0 atom stereocenters. The fourth-order valence-electron chi connectivity index (χ4n) is 7.64. The van der Waals surface area contributed by atoms with Crippen LogP contribution in [0.25, 0.3) is 77.3 Å². The van der Waals surface area contributed by atoms with Crippen LogP contribution in [0.5, 0.6) is 0 Å². The Morgan fingerprint density at radius 1 is 0.422 bits per heavy atom. The number of nitrogens with zero attached hydrogens (tertiary/aromatic N) is 2. The summed E-state index contributed by atoms with van der Waals surface area (Å²) in [6.45, 7) is 4.79. The zero-order valence-corrected chi connectivity index (χ0v) is 25.3. The first-order chi connectivity index (χ1) is 22.1. The second-order valence-electron chi connectivity index (χ2n) is 12.6. The lowest BCUT2D eigenvalue weighted by atomic mass is 9.78. The maximum atomic E-state index is 5.10. The fraction of sp³-hybridized carbons (Fsp3) is 0.0698. The van der Waals surface area contributed by atoms with E-state index in [9.17, 15) is 0 Å². The molecular formula is C43H30N2. The van der Waals surface area contributed by atoms with Gasteiger partial charge in [-0.3, -0.25) is 0 Å². The molecule has 0 bridgehead atoms. The number of fused-ring (bicyclic) bond motifs is 10. The first kappa shape index (κ1) is 25.9. The Balaban J connectivity index is 1.26. The lowest BCUT2D eigenvalue weighted by molar-refractivity contribution is 0.672. The molecule has 2 heteroatoms. The second kappa shape index (κ2) is 9.70. The molecule has 0 aliphatic heterocycles. The van der Waals surface area contributed by atoms with Crippen LogP contribution in [0.4, 0.5) is 0 Å². The molecule has 2 nitrogen and oxygen atoms in total. The molecule has 0 fully saturated rings. The average molecular weight is 575 g/mol. The van der Waals surface area contributed by atoms with Gasteiger partial charge < -0.3 is 0 Å². The molecule has 0 N–H and O–H groups in total. The highest BCUT2D eigenvalue weighted by Gasteiger charge is 2.39. The Labute approximate surface area is 262 Å². The highest BCUT2D eigenvalue weighted by Crippen LogP contribution is 2.56. The summed E-state index contributed by atoms with van der Waals surface area (Å²) in [5.41, 5.74) is 10.4. The first-order valence-electron chi connectivity index (χ1n) is 15.6. The third kappa shape index (κ3) is 3.89. The Kier molecular flexibility index (Phi) is 5.58. The minimum atomic E-state index is -0.167. The summed E-state index contributed by atoms with van der Waals surface area (Å²) >= 11 is 0. The van der Waals surface area contributed by atoms with Gasteiger partial charge in [-0.25, -0.2) is 9.97 Å². The van der Waals surface area contributed by atoms with Crippen molar-refractivity contribution in [3.63, 3.8) is 0 Å². The van der Waals surface area contributed by atoms with E-state index < -0.39 is 0 Å². The minimum Gasteiger partial charge on any atom is -0.228 e. The summed E-state index contributed by atoms with van der Waals surface area (Å²) in [4.78, 5) is 10.2. The monoisotopic (exact) mass is 574 g/mol. The van der Waals surface area contributed by atoms with Gasteiger partial charge in [0.2, 0.25) is 0 Å². The Morgan fingerprint density at radius 2 is 0.978 bits per heavy atom. The quantitative estimate of drug-likeness (QED) is 0.196. The van der Waals surface area contributed by atoms with E-state index in [-0.39, 0.29) is 5.41 Å². The van der Waals surface area contributed by atoms with E-state index >= 15 is 0 Å². The Hall–Kier alpha value is -5.60. The number of rotatable bonds is 3. The van der Waals surface area contributed by atoms with Crippen LogP contribution in [0, 0.1) is 0 Å². The van der Waals surface area contributed by atoms with Crippen LogP contribution in [0.1, 0.15) is 25.0 Å². The normalized spacial score (nSPS) is 13.3. The number of benzene rings is 7. The van der Waals surface area contributed by atoms with Crippen molar-refractivity contribution < 1.29 is 0 Å². The van der Waals surface area contributed by atoms with E-state index in [1.54, 1.807) is 0 Å². The molecule has 1 heterocycles. The topological polar surface area (TPSA) is 25.8 Å². The molecule has 8 aromatic rings. The Morgan fingerprint density at radius 3 is 1.62 bits per heavy atom. The summed E-state index contributed by atoms with van der Waals surface area (Å²) in [5, 5.41) is 7.80. The van der Waals surface area contributed by atoms with Crippen LogP contribution in [0.2, 0.25) is 0 Å². The van der Waals surface area contributed by atoms with Crippen LogP contribution < -0.4 is 0 Å². The van der Waals surface area contributed by atoms with Gasteiger partial charge in [-0.05, 0) is 66.7 Å². The maximum Gasteiger partial charge on any atom is 0.160 e. The highest BCUT2D eigenvalue weighted by molar-refractivity contribution is 6.19. The van der Waals surface area contributed by atoms with Crippen molar-refractivity contribution in [3.05, 3.63) is 157 Å². The number of hydrogen-bond acceptors (Lipinski definition) is 2. The van der Waals surface area contributed by atoms with Crippen molar-refractivity contribution in [2.45, 2.75) is 19.3 Å². The van der Waals surface area contributed by atoms with E-state index in [0.29, 0.717) is 0 Å². The number of aromatic nitrogens is 2. The molecule has 0 radical (unpaired) electrons. The van der Waals surface area contributed by atoms with Crippen LogP contribution in [0.3, 0.4) is 0 Å². The smallest absolute Gasteiger partial charge is 0.160 e. The first-order valence-corrected chi connectivity index (χ1v) is 15.6. The molecule has 7 aromatic carbocycles. The standard InChI is InChI=1S/C43H30N2/c1-43(2)40-31-23-22-30(42-44-37(27-13-5-3-6-14-27)26-38(45-42)28-15-7-4-8-16-28)25-29(31)21-24-36(40)39-34-19-11-9-17-32(34)33-18-10-12-20-35(33)41(39)43/h3-26H,1-2H3. The molecule has 0 amide bonds. The SMILES string of the molecule is CC1(C)c2c(ccc3cc(-c4nc(-c5ccccc5)cc(-c5ccccc5)n4)ccc23)-c2c1c1ccccc1c1ccccc21. The third-order valence-electron chi connectivity index (χ3n) is 9.60. The highest BCUT2D eigenvalue weighted by atomic mass is 14.9. The molecule has 9 rings (SSSR count). The third-order valence-corrected chi connectivity index (χ3v) is 9.60. The predicted molar refractivity (Wildman–Crippen MR) is 188 cm³/mol. The molecule has 1 aromatic heterocycles. The van der Waals surface area contributed by atoms with Gasteiger partial charge in [-0.1, -0.05) is 147 Å². The fourth-order valence-corrected chi connectivity index (χ4v) is 7.64. The van der Waals surface area contributed by atoms with Gasteiger partial charge in [0.1, 0.15) is 0 Å². The molecule has 1 aliphatic rings. The van der Waals surface area contributed by atoms with Gasteiger partial charge in [0, 0.05) is 22.1 Å². The van der Waals surface area contributed by atoms with E-state index in [1.807, 2.05) is 12.1 Å². The molecule has 0 spiro atoms. The number of hydrogen-bond donors (Lipinski definition) is 0. The van der Waals surface area contributed by atoms with Crippen molar-refractivity contribution in [3.8, 4) is 45.0 Å². The minimum absolute atomic E-state index is 0.167. The molecular weight excluding hydrogens is 544 g/mol. The van der Waals surface area contributed by atoms with Gasteiger partial charge in [0.15, 0.2) is 5.82 Å². The van der Waals surface area contributed by atoms with Crippen LogP contribution in [-0.4, -0.2) is 9.97 Å². The van der Waals surface area contributed by atoms with Gasteiger partial charge in [0.25, 0.3) is 0 Å². The van der Waals surface area contributed by atoms with Gasteiger partial charge in [-0.15, -0.1) is 0 Å². The van der Waals surface area contributed by atoms with Crippen LogP contribution >= 0.6 is 0 Å². The molecule has 0 unspecified atom stereocenters. The summed E-state index contributed by atoms with van der Waals surface area (Å²) in [7, 11) is 0. The van der Waals surface area contributed by atoms with Crippen molar-refractivity contribution >= 4 is 32.3 Å². The average Bonchev–Trinajstić information content (AvgIpc) is 3.36. The van der Waals surface area contributed by atoms with E-state index in [2.05, 4.69) is 147 Å². The van der Waals surface area contributed by atoms with Crippen LogP contribution in [0.15, 0.2) is 146 Å². The van der Waals surface area contributed by atoms with Crippen molar-refractivity contribution in [1.82, 2.24) is 9.97 Å². The maximum absolute atomic E-state index is 5.10. The molecule has 1 aliphatic carbocycles. The largest absolute Gasteiger partial charge is 0.228 e. The summed E-state index contributed by atoms with van der Waals surface area (Å²) in [6, 6.07) is 52.0. The second-order valence-corrected chi connectivity index (χ2v) is 12.6. The van der Waals surface area contributed by atoms with E-state index in [0.717, 1.165) is 33.9 Å². The summed E-state index contributed by atoms with van der Waals surface area (Å²) in [5.74, 6) is 0.733. The Bertz CT molecular complexity index is 2380. The van der Waals surface area contributed by atoms with Gasteiger partial charge >= 0.3 is 0 Å². The van der Waals surface area contributed by atoms with Crippen LogP contribution in [-0.2, 0) is 5.41 Å². The van der Waals surface area contributed by atoms with E-state index in [4.69, 9.17) is 9.97 Å². The lowest BCUT2D eigenvalue weighted by Crippen LogP contribution is -2.16. The van der Waals surface area contributed by atoms with Gasteiger partial charge in [0.05, 0.1) is 11.4 Å². The van der Waals surface area contributed by atoms with Crippen molar-refractivity contribution in [2.24, 2.45) is 0 Å². The summed E-state index contributed by atoms with van der Waals surface area (Å²) in [6.07, 6.45) is 0.